The zero-order valence-electron chi connectivity index (χ0n) is 13.4. The summed E-state index contributed by atoms with van der Waals surface area (Å²) in [6.07, 6.45) is 0. The van der Waals surface area contributed by atoms with Crippen molar-refractivity contribution in [2.45, 2.75) is 13.8 Å². The second-order valence-corrected chi connectivity index (χ2v) is 6.71. The molecular weight excluding hydrogens is 361 g/mol. The number of nitrogens with one attached hydrogen (secondary N) is 1. The highest BCUT2D eigenvalue weighted by molar-refractivity contribution is 6.59. The molecule has 2 N–H and O–H groups in total. The molecule has 0 saturated heterocycles. The number of rotatable bonds is 2. The Balaban J connectivity index is 2.23. The number of Topliss-reactive ketones (excluding diaryl/α,β-unsaturated/α-hetero) is 2. The third-order valence-electron chi connectivity index (χ3n) is 4.25. The maximum atomic E-state index is 12.5. The number of benzene rings is 2. The van der Waals surface area contributed by atoms with Crippen molar-refractivity contribution in [2.24, 2.45) is 0 Å². The number of aryl methyl sites for hydroxylation is 2. The Hall–Kier alpha value is -2.43. The van der Waals surface area contributed by atoms with Crippen LogP contribution in [0.15, 0.2) is 35.9 Å². The summed E-state index contributed by atoms with van der Waals surface area (Å²) >= 11 is 11.9. The average molecular weight is 374 g/mol. The molecule has 3 rings (SSSR count). The van der Waals surface area contributed by atoms with Gasteiger partial charge in [0.1, 0.15) is 5.76 Å². The third kappa shape index (κ3) is 2.77. The second-order valence-electron chi connectivity index (χ2n) is 5.86. The average Bonchev–Trinajstić information content (AvgIpc) is 2.54. The molecule has 0 atom stereocenters. The maximum absolute atomic E-state index is 12.5. The molecule has 1 aliphatic rings. The molecule has 4 nitrogen and oxygen atoms in total. The number of allylic oxidation sites excluding steroid dienone is 1. The molecule has 2 aromatic rings. The van der Waals surface area contributed by atoms with Gasteiger partial charge in [0, 0.05) is 21.7 Å². The van der Waals surface area contributed by atoms with Gasteiger partial charge in [-0.05, 0) is 55.3 Å². The van der Waals surface area contributed by atoms with E-state index in [1.165, 1.54) is 18.2 Å². The number of ketones is 2. The van der Waals surface area contributed by atoms with Gasteiger partial charge in [-0.3, -0.25) is 15.0 Å². The molecule has 1 aliphatic carbocycles. The Morgan fingerprint density at radius 3 is 2.16 bits per heavy atom. The van der Waals surface area contributed by atoms with Crippen LogP contribution in [-0.2, 0) is 4.79 Å². The fourth-order valence-corrected chi connectivity index (χ4v) is 3.24. The normalized spacial score (nSPS) is 13.9. The minimum Gasteiger partial charge on any atom is -0.506 e. The van der Waals surface area contributed by atoms with Crippen LogP contribution in [-0.4, -0.2) is 22.4 Å². The highest BCUT2D eigenvalue weighted by atomic mass is 35.5. The van der Waals surface area contributed by atoms with E-state index in [0.717, 1.165) is 11.1 Å². The smallest absolute Gasteiger partial charge is 0.239 e. The molecule has 0 spiro atoms. The Bertz CT molecular complexity index is 1010. The summed E-state index contributed by atoms with van der Waals surface area (Å²) in [5.41, 5.74) is 1.63. The number of hydrogen-bond donors (Lipinski definition) is 2. The first kappa shape index (κ1) is 17.4. The van der Waals surface area contributed by atoms with Gasteiger partial charge in [0.05, 0.1) is 16.3 Å². The van der Waals surface area contributed by atoms with Gasteiger partial charge in [0.2, 0.25) is 11.6 Å². The molecule has 25 heavy (non-hydrogen) atoms. The van der Waals surface area contributed by atoms with Gasteiger partial charge < -0.3 is 5.11 Å². The summed E-state index contributed by atoms with van der Waals surface area (Å²) in [5.74, 6) is -2.07. The fraction of sp³-hybridized carbons (Fsp3) is 0.105. The molecule has 0 fully saturated rings. The quantitative estimate of drug-likeness (QED) is 0.590. The van der Waals surface area contributed by atoms with E-state index in [-0.39, 0.29) is 33.0 Å². The van der Waals surface area contributed by atoms with Crippen LogP contribution in [0.2, 0.25) is 10.0 Å². The van der Waals surface area contributed by atoms with E-state index in [0.29, 0.717) is 5.02 Å². The number of hydrogen-bond acceptors (Lipinski definition) is 4. The van der Waals surface area contributed by atoms with Gasteiger partial charge in [-0.25, -0.2) is 0 Å². The van der Waals surface area contributed by atoms with Crippen molar-refractivity contribution >= 4 is 46.2 Å². The summed E-state index contributed by atoms with van der Waals surface area (Å²) in [5, 5.41) is 19.4. The minimum absolute atomic E-state index is 0.143. The topological polar surface area (TPSA) is 78.2 Å². The lowest BCUT2D eigenvalue weighted by Gasteiger charge is -2.20. The Labute approximate surface area is 154 Å². The number of aliphatic hydroxyl groups excluding tert-OH is 1. The highest BCUT2D eigenvalue weighted by Crippen LogP contribution is 2.33. The molecule has 0 aliphatic heterocycles. The van der Waals surface area contributed by atoms with Crippen LogP contribution in [0.25, 0.3) is 5.76 Å². The first-order valence-electron chi connectivity index (χ1n) is 7.40. The van der Waals surface area contributed by atoms with Crippen LogP contribution >= 0.6 is 23.2 Å². The first-order valence-corrected chi connectivity index (χ1v) is 8.16. The second kappa shape index (κ2) is 6.14. The first-order chi connectivity index (χ1) is 11.7. The Morgan fingerprint density at radius 2 is 1.56 bits per heavy atom. The molecule has 0 aromatic heterocycles. The molecule has 2 aromatic carbocycles. The fourth-order valence-electron chi connectivity index (χ4n) is 2.74. The predicted molar refractivity (Wildman–Crippen MR) is 98.1 cm³/mol. The minimum atomic E-state index is -0.927. The van der Waals surface area contributed by atoms with Crippen LogP contribution in [0.1, 0.15) is 32.6 Å². The van der Waals surface area contributed by atoms with Crippen LogP contribution in [0.5, 0.6) is 0 Å². The lowest BCUT2D eigenvalue weighted by Crippen LogP contribution is -2.28. The molecule has 0 heterocycles. The van der Waals surface area contributed by atoms with Crippen molar-refractivity contribution in [1.29, 1.82) is 5.41 Å². The molecule has 0 unspecified atom stereocenters. The van der Waals surface area contributed by atoms with Gasteiger partial charge in [0.15, 0.2) is 0 Å². The zero-order valence-corrected chi connectivity index (χ0v) is 14.9. The van der Waals surface area contributed by atoms with Crippen LogP contribution in [0.3, 0.4) is 0 Å². The van der Waals surface area contributed by atoms with Crippen LogP contribution in [0.4, 0.5) is 0 Å². The van der Waals surface area contributed by atoms with Crippen LogP contribution < -0.4 is 0 Å². The lowest BCUT2D eigenvalue weighted by atomic mass is 9.83. The van der Waals surface area contributed by atoms with Gasteiger partial charge >= 0.3 is 0 Å². The summed E-state index contributed by atoms with van der Waals surface area (Å²) in [7, 11) is 0. The van der Waals surface area contributed by atoms with Crippen molar-refractivity contribution in [2.75, 3.05) is 0 Å². The van der Waals surface area contributed by atoms with Crippen molar-refractivity contribution in [1.82, 2.24) is 0 Å². The van der Waals surface area contributed by atoms with Crippen molar-refractivity contribution in [3.8, 4) is 0 Å². The largest absolute Gasteiger partial charge is 0.506 e. The standard InChI is InChI=1S/C19H13Cl2NO3/c1-8-5-12-13(6-9(8)2)18(24)19(25)15(17(12)23)16(22)11-4-3-10(20)7-14(11)21/h3-7,22-23H,1-2H3. The van der Waals surface area contributed by atoms with Gasteiger partial charge in [-0.15, -0.1) is 0 Å². The van der Waals surface area contributed by atoms with E-state index >= 15 is 0 Å². The van der Waals surface area contributed by atoms with Crippen molar-refractivity contribution in [3.05, 3.63) is 73.8 Å². The maximum Gasteiger partial charge on any atom is 0.239 e. The Morgan fingerprint density at radius 1 is 0.960 bits per heavy atom. The van der Waals surface area contributed by atoms with Crippen molar-refractivity contribution in [3.63, 3.8) is 0 Å². The molecule has 0 bridgehead atoms. The SMILES string of the molecule is Cc1cc2c(cc1C)C(O)=C(C(=N)c1ccc(Cl)cc1Cl)C(=O)C2=O. The van der Waals surface area contributed by atoms with E-state index in [9.17, 15) is 14.7 Å². The number of halogens is 2. The highest BCUT2D eigenvalue weighted by Gasteiger charge is 2.36. The lowest BCUT2D eigenvalue weighted by molar-refractivity contribution is -0.111. The predicted octanol–water partition coefficient (Wildman–Crippen LogP) is 4.71. The monoisotopic (exact) mass is 373 g/mol. The third-order valence-corrected chi connectivity index (χ3v) is 4.80. The Kier molecular flexibility index (Phi) is 4.27. The summed E-state index contributed by atoms with van der Waals surface area (Å²) in [4.78, 5) is 25.0. The van der Waals surface area contributed by atoms with E-state index < -0.39 is 17.3 Å². The van der Waals surface area contributed by atoms with E-state index in [1.807, 2.05) is 13.8 Å². The van der Waals surface area contributed by atoms with Crippen molar-refractivity contribution < 1.29 is 14.7 Å². The molecule has 0 saturated carbocycles. The zero-order chi connectivity index (χ0) is 18.5. The molecule has 0 radical (unpaired) electrons. The number of carbonyl (C=O) groups excluding carboxylic acids is 2. The summed E-state index contributed by atoms with van der Waals surface area (Å²) in [6, 6.07) is 7.64. The number of carbonyl (C=O) groups is 2. The van der Waals surface area contributed by atoms with Gasteiger partial charge in [0.25, 0.3) is 0 Å². The van der Waals surface area contributed by atoms with E-state index in [2.05, 4.69) is 0 Å². The number of aliphatic hydroxyl groups is 1. The molecular formula is C19H13Cl2NO3. The van der Waals surface area contributed by atoms with Gasteiger partial charge in [-0.2, -0.15) is 0 Å². The van der Waals surface area contributed by atoms with Gasteiger partial charge in [-0.1, -0.05) is 23.2 Å². The van der Waals surface area contributed by atoms with Crippen LogP contribution in [0, 0.1) is 19.3 Å². The van der Waals surface area contributed by atoms with E-state index in [4.69, 9.17) is 28.6 Å². The molecule has 126 valence electrons. The number of fused-ring (bicyclic) bond motifs is 1. The van der Waals surface area contributed by atoms with E-state index in [1.54, 1.807) is 12.1 Å². The summed E-state index contributed by atoms with van der Waals surface area (Å²) < 4.78 is 0. The molecule has 0 amide bonds. The summed E-state index contributed by atoms with van der Waals surface area (Å²) in [6.45, 7) is 3.66. The molecule has 6 heteroatoms.